The highest BCUT2D eigenvalue weighted by atomic mass is 35.5. The van der Waals surface area contributed by atoms with Crippen LogP contribution < -0.4 is 5.32 Å². The molecule has 0 saturated carbocycles. The van der Waals surface area contributed by atoms with Crippen LogP contribution in [0.5, 0.6) is 0 Å². The lowest BCUT2D eigenvalue weighted by Crippen LogP contribution is -2.13. The molecule has 2 nitrogen and oxygen atoms in total. The highest BCUT2D eigenvalue weighted by Crippen LogP contribution is 2.16. The molecule has 15 heavy (non-hydrogen) atoms. The van der Waals surface area contributed by atoms with Gasteiger partial charge in [-0.05, 0) is 30.5 Å². The smallest absolute Gasteiger partial charge is 0.0731 e. The first kappa shape index (κ1) is 10.9. The van der Waals surface area contributed by atoms with Crippen molar-refractivity contribution in [3.63, 3.8) is 0 Å². The Morgan fingerprint density at radius 2 is 2.27 bits per heavy atom. The van der Waals surface area contributed by atoms with E-state index in [4.69, 9.17) is 16.3 Å². The Kier molecular flexibility index (Phi) is 4.01. The van der Waals surface area contributed by atoms with Crippen LogP contribution in [0.4, 0.5) is 0 Å². The second-order valence-electron chi connectivity index (χ2n) is 3.97. The van der Waals surface area contributed by atoms with E-state index in [-0.39, 0.29) is 0 Å². The molecule has 0 unspecified atom stereocenters. The number of hydrogen-bond acceptors (Lipinski definition) is 2. The van der Waals surface area contributed by atoms with E-state index in [1.807, 2.05) is 24.3 Å². The summed E-state index contributed by atoms with van der Waals surface area (Å²) in [7, 11) is 0. The van der Waals surface area contributed by atoms with Crippen molar-refractivity contribution in [2.24, 2.45) is 5.92 Å². The molecule has 0 amide bonds. The quantitative estimate of drug-likeness (QED) is 0.850. The second-order valence-corrected chi connectivity index (χ2v) is 4.37. The van der Waals surface area contributed by atoms with Crippen LogP contribution >= 0.6 is 11.6 Å². The fourth-order valence-electron chi connectivity index (χ4n) is 1.81. The maximum atomic E-state index is 6.03. The van der Waals surface area contributed by atoms with E-state index in [2.05, 4.69) is 5.32 Å². The van der Waals surface area contributed by atoms with Gasteiger partial charge in [-0.25, -0.2) is 0 Å². The van der Waals surface area contributed by atoms with Crippen LogP contribution in [-0.2, 0) is 11.3 Å². The summed E-state index contributed by atoms with van der Waals surface area (Å²) in [6.07, 6.45) is 1.22. The first-order valence-electron chi connectivity index (χ1n) is 5.38. The van der Waals surface area contributed by atoms with Gasteiger partial charge in [0.15, 0.2) is 0 Å². The predicted octanol–water partition coefficient (Wildman–Crippen LogP) is 2.47. The molecule has 0 bridgehead atoms. The van der Waals surface area contributed by atoms with Crippen LogP contribution in [0.2, 0.25) is 5.02 Å². The summed E-state index contributed by atoms with van der Waals surface area (Å²) in [5.74, 6) is 0.674. The van der Waals surface area contributed by atoms with Crippen molar-refractivity contribution in [3.05, 3.63) is 34.9 Å². The minimum Gasteiger partial charge on any atom is -0.376 e. The average molecular weight is 226 g/mol. The monoisotopic (exact) mass is 225 g/mol. The van der Waals surface area contributed by atoms with Crippen molar-refractivity contribution in [1.29, 1.82) is 0 Å². The maximum absolute atomic E-state index is 6.03. The fourth-order valence-corrected chi connectivity index (χ4v) is 2.00. The predicted molar refractivity (Wildman–Crippen MR) is 62.1 cm³/mol. The normalized spacial score (nSPS) is 20.7. The molecule has 0 aromatic heterocycles. The number of hydrogen-bond donors (Lipinski definition) is 1. The molecule has 2 rings (SSSR count). The summed E-state index contributed by atoms with van der Waals surface area (Å²) in [6, 6.07) is 7.83. The molecule has 1 fully saturated rings. The van der Waals surface area contributed by atoms with Gasteiger partial charge in [-0.3, -0.25) is 0 Å². The van der Waals surface area contributed by atoms with Crippen LogP contribution in [0.3, 0.4) is 0 Å². The van der Waals surface area contributed by atoms with Crippen molar-refractivity contribution in [2.75, 3.05) is 19.7 Å². The Hall–Kier alpha value is -0.570. The summed E-state index contributed by atoms with van der Waals surface area (Å²) < 4.78 is 5.66. The number of benzene rings is 1. The lowest BCUT2D eigenvalue weighted by atomic mass is 10.1. The summed E-state index contributed by atoms with van der Waals surface area (Å²) in [5.41, 5.74) is 1.07. The third kappa shape index (κ3) is 3.20. The first-order valence-corrected chi connectivity index (χ1v) is 5.76. The van der Waals surface area contributed by atoms with Crippen molar-refractivity contribution in [3.8, 4) is 0 Å². The molecule has 1 aliphatic rings. The summed E-state index contributed by atoms with van der Waals surface area (Å²) in [4.78, 5) is 0. The summed E-state index contributed by atoms with van der Waals surface area (Å²) in [5, 5.41) is 4.12. The van der Waals surface area contributed by atoms with Gasteiger partial charge in [-0.15, -0.1) is 0 Å². The molecule has 82 valence electrons. The maximum Gasteiger partial charge on any atom is 0.0731 e. The van der Waals surface area contributed by atoms with Gasteiger partial charge in [0.2, 0.25) is 0 Å². The van der Waals surface area contributed by atoms with Crippen molar-refractivity contribution < 1.29 is 4.74 Å². The van der Waals surface area contributed by atoms with E-state index in [9.17, 15) is 0 Å². The molecule has 1 aromatic rings. The van der Waals surface area contributed by atoms with Crippen LogP contribution in [0.15, 0.2) is 24.3 Å². The van der Waals surface area contributed by atoms with Crippen LogP contribution in [0, 0.1) is 5.92 Å². The third-order valence-corrected chi connectivity index (χ3v) is 3.10. The molecule has 1 saturated heterocycles. The largest absolute Gasteiger partial charge is 0.376 e. The van der Waals surface area contributed by atoms with E-state index in [0.29, 0.717) is 12.5 Å². The molecule has 1 aromatic carbocycles. The highest BCUT2D eigenvalue weighted by molar-refractivity contribution is 6.31. The van der Waals surface area contributed by atoms with Gasteiger partial charge < -0.3 is 10.1 Å². The average Bonchev–Trinajstić information content (AvgIpc) is 2.74. The van der Waals surface area contributed by atoms with E-state index < -0.39 is 0 Å². The number of ether oxygens (including phenoxy) is 1. The number of halogens is 1. The molecule has 1 N–H and O–H groups in total. The van der Waals surface area contributed by atoms with Gasteiger partial charge in [-0.1, -0.05) is 29.8 Å². The van der Waals surface area contributed by atoms with Crippen molar-refractivity contribution in [2.45, 2.75) is 13.0 Å². The molecular weight excluding hydrogens is 210 g/mol. The van der Waals surface area contributed by atoms with Gasteiger partial charge in [0.05, 0.1) is 13.2 Å². The number of nitrogens with one attached hydrogen (secondary N) is 1. The van der Waals surface area contributed by atoms with Crippen LogP contribution in [0.25, 0.3) is 0 Å². The van der Waals surface area contributed by atoms with Crippen molar-refractivity contribution >= 4 is 11.6 Å². The Labute approximate surface area is 95.6 Å². The molecule has 1 atom stereocenters. The zero-order valence-corrected chi connectivity index (χ0v) is 9.46. The van der Waals surface area contributed by atoms with E-state index in [0.717, 1.165) is 30.3 Å². The van der Waals surface area contributed by atoms with Gasteiger partial charge in [0.25, 0.3) is 0 Å². The number of rotatable bonds is 4. The topological polar surface area (TPSA) is 21.3 Å². The standard InChI is InChI=1S/C12H16ClNO/c13-12-4-2-1-3-11(12)9-15-8-10-5-6-14-7-10/h1-4,10,14H,5-9H2/t10-/m1/s1. The molecule has 0 aliphatic carbocycles. The van der Waals surface area contributed by atoms with Crippen LogP contribution in [0.1, 0.15) is 12.0 Å². The third-order valence-electron chi connectivity index (χ3n) is 2.73. The SMILES string of the molecule is Clc1ccccc1COC[C@@H]1CCNC1. The molecule has 0 radical (unpaired) electrons. The van der Waals surface area contributed by atoms with Gasteiger partial charge in [0, 0.05) is 11.6 Å². The molecule has 1 heterocycles. The minimum atomic E-state index is 0.621. The van der Waals surface area contributed by atoms with E-state index in [1.165, 1.54) is 6.42 Å². The van der Waals surface area contributed by atoms with Gasteiger partial charge in [0.1, 0.15) is 0 Å². The fraction of sp³-hybridized carbons (Fsp3) is 0.500. The highest BCUT2D eigenvalue weighted by Gasteiger charge is 2.14. The minimum absolute atomic E-state index is 0.621. The molecule has 3 heteroatoms. The van der Waals surface area contributed by atoms with E-state index in [1.54, 1.807) is 0 Å². The Balaban J connectivity index is 1.75. The van der Waals surface area contributed by atoms with E-state index >= 15 is 0 Å². The molecular formula is C12H16ClNO. The second kappa shape index (κ2) is 5.50. The zero-order valence-electron chi connectivity index (χ0n) is 8.71. The lowest BCUT2D eigenvalue weighted by molar-refractivity contribution is 0.0925. The van der Waals surface area contributed by atoms with Gasteiger partial charge in [-0.2, -0.15) is 0 Å². The zero-order chi connectivity index (χ0) is 10.5. The Bertz CT molecular complexity index is 310. The van der Waals surface area contributed by atoms with Gasteiger partial charge >= 0.3 is 0 Å². The van der Waals surface area contributed by atoms with Crippen LogP contribution in [-0.4, -0.2) is 19.7 Å². The summed E-state index contributed by atoms with van der Waals surface area (Å²) in [6.45, 7) is 3.66. The lowest BCUT2D eigenvalue weighted by Gasteiger charge is -2.10. The summed E-state index contributed by atoms with van der Waals surface area (Å²) >= 11 is 6.03. The Morgan fingerprint density at radius 1 is 1.40 bits per heavy atom. The molecule has 0 spiro atoms. The Morgan fingerprint density at radius 3 is 3.00 bits per heavy atom. The van der Waals surface area contributed by atoms with Crippen molar-refractivity contribution in [1.82, 2.24) is 5.32 Å². The first-order chi connectivity index (χ1) is 7.36. The molecule has 1 aliphatic heterocycles.